The Balaban J connectivity index is 1.49. The van der Waals surface area contributed by atoms with Gasteiger partial charge in [-0.2, -0.15) is 10.2 Å². The van der Waals surface area contributed by atoms with Crippen LogP contribution in [0, 0.1) is 0 Å². The summed E-state index contributed by atoms with van der Waals surface area (Å²) in [5.74, 6) is -0.798. The SMILES string of the molecule is CCc1nn(C2CCCC2)c2cc(-c3ccnn3-c3ccc(C(=O)NS(=O)(=O)CC)cc3)ccc12. The van der Waals surface area contributed by atoms with Crippen molar-refractivity contribution in [2.45, 2.75) is 52.0 Å². The second-order valence-corrected chi connectivity index (χ2v) is 10.9. The molecule has 182 valence electrons. The van der Waals surface area contributed by atoms with Crippen LogP contribution >= 0.6 is 0 Å². The lowest BCUT2D eigenvalue weighted by molar-refractivity contribution is 0.0981. The van der Waals surface area contributed by atoms with Crippen LogP contribution in [0.5, 0.6) is 0 Å². The number of aryl methyl sites for hydroxylation is 1. The zero-order valence-electron chi connectivity index (χ0n) is 19.9. The fourth-order valence-electron chi connectivity index (χ4n) is 4.80. The molecule has 9 heteroatoms. The standard InChI is InChI=1S/C26H29N5O3S/c1-3-23-22-14-11-19(17-25(22)31(28-23)20-7-5-6-8-20)24-15-16-27-30(24)21-12-9-18(10-13-21)26(32)29-35(33,34)4-2/h9-17,20H,3-8H2,1-2H3,(H,29,32). The minimum absolute atomic E-state index is 0.156. The molecule has 0 saturated heterocycles. The number of carbonyl (C=O) groups excluding carboxylic acids is 1. The third-order valence-corrected chi connectivity index (χ3v) is 7.99. The second-order valence-electron chi connectivity index (χ2n) is 8.92. The van der Waals surface area contributed by atoms with Gasteiger partial charge in [-0.1, -0.05) is 31.9 Å². The Hall–Kier alpha value is -3.46. The van der Waals surface area contributed by atoms with Gasteiger partial charge in [0.1, 0.15) is 0 Å². The normalized spacial score (nSPS) is 14.6. The number of hydrogen-bond acceptors (Lipinski definition) is 5. The van der Waals surface area contributed by atoms with Gasteiger partial charge in [-0.05, 0) is 62.6 Å². The van der Waals surface area contributed by atoms with Crippen molar-refractivity contribution in [3.05, 3.63) is 66.0 Å². The van der Waals surface area contributed by atoms with Gasteiger partial charge >= 0.3 is 0 Å². The van der Waals surface area contributed by atoms with E-state index < -0.39 is 15.9 Å². The summed E-state index contributed by atoms with van der Waals surface area (Å²) in [5, 5.41) is 10.7. The monoisotopic (exact) mass is 491 g/mol. The zero-order chi connectivity index (χ0) is 24.6. The minimum Gasteiger partial charge on any atom is -0.268 e. The number of hydrogen-bond donors (Lipinski definition) is 1. The molecule has 2 aromatic carbocycles. The van der Waals surface area contributed by atoms with Crippen molar-refractivity contribution in [2.75, 3.05) is 5.75 Å². The maximum atomic E-state index is 12.3. The van der Waals surface area contributed by atoms with E-state index in [0.717, 1.165) is 34.6 Å². The van der Waals surface area contributed by atoms with Crippen LogP contribution < -0.4 is 4.72 Å². The highest BCUT2D eigenvalue weighted by molar-refractivity contribution is 7.90. The lowest BCUT2D eigenvalue weighted by Gasteiger charge is -2.13. The van der Waals surface area contributed by atoms with Gasteiger partial charge < -0.3 is 0 Å². The number of fused-ring (bicyclic) bond motifs is 1. The van der Waals surface area contributed by atoms with Crippen LogP contribution in [-0.2, 0) is 16.4 Å². The van der Waals surface area contributed by atoms with E-state index in [-0.39, 0.29) is 11.3 Å². The van der Waals surface area contributed by atoms with Gasteiger partial charge in [-0.15, -0.1) is 0 Å². The number of amides is 1. The Bertz CT molecular complexity index is 1480. The van der Waals surface area contributed by atoms with Crippen LogP contribution in [0.15, 0.2) is 54.7 Å². The van der Waals surface area contributed by atoms with E-state index >= 15 is 0 Å². The predicted octanol–water partition coefficient (Wildman–Crippen LogP) is 4.65. The van der Waals surface area contributed by atoms with Crippen molar-refractivity contribution in [3.63, 3.8) is 0 Å². The molecule has 5 rings (SSSR count). The first-order chi connectivity index (χ1) is 16.9. The van der Waals surface area contributed by atoms with E-state index in [9.17, 15) is 13.2 Å². The quantitative estimate of drug-likeness (QED) is 0.406. The van der Waals surface area contributed by atoms with Gasteiger partial charge in [-0.25, -0.2) is 17.8 Å². The molecule has 35 heavy (non-hydrogen) atoms. The van der Waals surface area contributed by atoms with Crippen molar-refractivity contribution in [2.24, 2.45) is 0 Å². The predicted molar refractivity (Wildman–Crippen MR) is 136 cm³/mol. The van der Waals surface area contributed by atoms with E-state index in [4.69, 9.17) is 5.10 Å². The molecule has 1 N–H and O–H groups in total. The average molecular weight is 492 g/mol. The summed E-state index contributed by atoms with van der Waals surface area (Å²) in [7, 11) is -3.62. The summed E-state index contributed by atoms with van der Waals surface area (Å²) < 4.78 is 29.5. The maximum absolute atomic E-state index is 12.3. The van der Waals surface area contributed by atoms with Gasteiger partial charge in [-0.3, -0.25) is 9.48 Å². The van der Waals surface area contributed by atoms with Crippen LogP contribution in [0.25, 0.3) is 27.8 Å². The molecule has 1 aliphatic carbocycles. The van der Waals surface area contributed by atoms with Crippen molar-refractivity contribution in [3.8, 4) is 16.9 Å². The number of benzene rings is 2. The molecule has 1 fully saturated rings. The minimum atomic E-state index is -3.62. The lowest BCUT2D eigenvalue weighted by Crippen LogP contribution is -2.31. The first-order valence-corrected chi connectivity index (χ1v) is 13.8. The van der Waals surface area contributed by atoms with Crippen LogP contribution in [0.4, 0.5) is 0 Å². The molecule has 0 atom stereocenters. The third-order valence-electron chi connectivity index (χ3n) is 6.73. The molecule has 1 amide bonds. The Morgan fingerprint density at radius 3 is 2.49 bits per heavy atom. The largest absolute Gasteiger partial charge is 0.268 e. The second kappa shape index (κ2) is 9.30. The van der Waals surface area contributed by atoms with Crippen molar-refractivity contribution >= 4 is 26.8 Å². The van der Waals surface area contributed by atoms with Gasteiger partial charge in [0.2, 0.25) is 10.0 Å². The van der Waals surface area contributed by atoms with Crippen LogP contribution in [0.3, 0.4) is 0 Å². The van der Waals surface area contributed by atoms with Crippen molar-refractivity contribution < 1.29 is 13.2 Å². The average Bonchev–Trinajstić information content (AvgIpc) is 3.63. The molecule has 0 aliphatic heterocycles. The molecule has 1 aliphatic rings. The highest BCUT2D eigenvalue weighted by Gasteiger charge is 2.22. The Labute approximate surface area is 205 Å². The maximum Gasteiger partial charge on any atom is 0.264 e. The van der Waals surface area contributed by atoms with E-state index in [1.807, 2.05) is 10.7 Å². The number of aromatic nitrogens is 4. The molecular formula is C26H29N5O3S. The van der Waals surface area contributed by atoms with Gasteiger partial charge in [0, 0.05) is 16.5 Å². The summed E-state index contributed by atoms with van der Waals surface area (Å²) in [6, 6.07) is 15.6. The lowest BCUT2D eigenvalue weighted by atomic mass is 10.1. The summed E-state index contributed by atoms with van der Waals surface area (Å²) >= 11 is 0. The fourth-order valence-corrected chi connectivity index (χ4v) is 5.35. The number of sulfonamides is 1. The van der Waals surface area contributed by atoms with E-state index in [1.165, 1.54) is 38.0 Å². The van der Waals surface area contributed by atoms with Crippen LogP contribution in [0.2, 0.25) is 0 Å². The number of nitrogens with one attached hydrogen (secondary N) is 1. The van der Waals surface area contributed by atoms with Gasteiger partial charge in [0.25, 0.3) is 5.91 Å². The molecule has 0 spiro atoms. The van der Waals surface area contributed by atoms with Crippen LogP contribution in [-0.4, -0.2) is 39.6 Å². The summed E-state index contributed by atoms with van der Waals surface area (Å²) in [5.41, 5.74) is 5.30. The van der Waals surface area contributed by atoms with Crippen LogP contribution in [0.1, 0.15) is 61.6 Å². The Morgan fingerprint density at radius 2 is 1.80 bits per heavy atom. The van der Waals surface area contributed by atoms with Crippen molar-refractivity contribution in [1.29, 1.82) is 0 Å². The molecule has 8 nitrogen and oxygen atoms in total. The Morgan fingerprint density at radius 1 is 1.06 bits per heavy atom. The molecular weight excluding hydrogens is 462 g/mol. The smallest absolute Gasteiger partial charge is 0.264 e. The van der Waals surface area contributed by atoms with Gasteiger partial charge in [0.05, 0.1) is 40.6 Å². The number of carbonyl (C=O) groups is 1. The number of nitrogens with zero attached hydrogens (tertiary/aromatic N) is 4. The fraction of sp³-hybridized carbons (Fsp3) is 0.346. The number of rotatable bonds is 7. The van der Waals surface area contributed by atoms with E-state index in [2.05, 4.69) is 39.6 Å². The molecule has 2 aromatic heterocycles. The van der Waals surface area contributed by atoms with E-state index in [1.54, 1.807) is 30.5 Å². The summed E-state index contributed by atoms with van der Waals surface area (Å²) in [6.45, 7) is 3.63. The highest BCUT2D eigenvalue weighted by atomic mass is 32.2. The van der Waals surface area contributed by atoms with Gasteiger partial charge in [0.15, 0.2) is 0 Å². The first kappa shape index (κ1) is 23.3. The summed E-state index contributed by atoms with van der Waals surface area (Å²) in [6.07, 6.45) is 7.48. The molecule has 2 heterocycles. The third kappa shape index (κ3) is 4.48. The zero-order valence-corrected chi connectivity index (χ0v) is 20.8. The molecule has 1 saturated carbocycles. The first-order valence-electron chi connectivity index (χ1n) is 12.1. The molecule has 0 unspecified atom stereocenters. The van der Waals surface area contributed by atoms with Crippen molar-refractivity contribution in [1.82, 2.24) is 24.3 Å². The highest BCUT2D eigenvalue weighted by Crippen LogP contribution is 2.35. The topological polar surface area (TPSA) is 98.9 Å². The Kier molecular flexibility index (Phi) is 6.19. The summed E-state index contributed by atoms with van der Waals surface area (Å²) in [4.78, 5) is 12.3. The molecule has 0 radical (unpaired) electrons. The molecule has 4 aromatic rings. The van der Waals surface area contributed by atoms with E-state index in [0.29, 0.717) is 6.04 Å². The molecule has 0 bridgehead atoms.